The van der Waals surface area contributed by atoms with E-state index in [1.165, 1.54) is 5.56 Å². The zero-order valence-corrected chi connectivity index (χ0v) is 17.0. The molecule has 0 saturated carbocycles. The van der Waals surface area contributed by atoms with E-state index in [4.69, 9.17) is 25.8 Å². The first-order valence-corrected chi connectivity index (χ1v) is 9.85. The van der Waals surface area contributed by atoms with Crippen molar-refractivity contribution in [2.45, 2.75) is 32.7 Å². The molecule has 2 atom stereocenters. The summed E-state index contributed by atoms with van der Waals surface area (Å²) < 4.78 is 17.3. The number of carbonyl (C=O) groups is 1. The number of rotatable bonds is 7. The average molecular weight is 404 g/mol. The van der Waals surface area contributed by atoms with Gasteiger partial charge in [0.2, 0.25) is 0 Å². The molecule has 1 fully saturated rings. The van der Waals surface area contributed by atoms with E-state index >= 15 is 0 Å². The zero-order chi connectivity index (χ0) is 19.9. The molecule has 0 N–H and O–H groups in total. The van der Waals surface area contributed by atoms with Gasteiger partial charge in [-0.1, -0.05) is 53.6 Å². The largest absolute Gasteiger partial charge is 0.479 e. The standard InChI is InChI=1S/C22H26ClNO4/c1-16-6-5-7-18(12-16)14-26-15-19-13-24(10-11-27-19)22(25)17(2)28-21-9-4-3-8-20(21)23/h3-9,12,17,19H,10-11,13-15H2,1-2H3/t17-,19+/m1/s1. The minimum absolute atomic E-state index is 0.0769. The molecule has 0 radical (unpaired) electrons. The fourth-order valence-corrected chi connectivity index (χ4v) is 3.35. The number of ether oxygens (including phenoxy) is 3. The van der Waals surface area contributed by atoms with E-state index in [1.54, 1.807) is 24.0 Å². The molecular weight excluding hydrogens is 378 g/mol. The number of aryl methyl sites for hydroxylation is 1. The summed E-state index contributed by atoms with van der Waals surface area (Å²) in [7, 11) is 0. The van der Waals surface area contributed by atoms with Crippen molar-refractivity contribution in [1.29, 1.82) is 0 Å². The van der Waals surface area contributed by atoms with Gasteiger partial charge in [0.25, 0.3) is 5.91 Å². The number of amides is 1. The highest BCUT2D eigenvalue weighted by molar-refractivity contribution is 6.32. The predicted molar refractivity (Wildman–Crippen MR) is 109 cm³/mol. The fraction of sp³-hybridized carbons (Fsp3) is 0.409. The Bertz CT molecular complexity index is 798. The molecule has 0 unspecified atom stereocenters. The first-order chi connectivity index (χ1) is 13.5. The number of carbonyl (C=O) groups excluding carboxylic acids is 1. The number of morpholine rings is 1. The molecule has 3 rings (SSSR count). The fourth-order valence-electron chi connectivity index (χ4n) is 3.17. The summed E-state index contributed by atoms with van der Waals surface area (Å²) in [5.41, 5.74) is 2.34. The summed E-state index contributed by atoms with van der Waals surface area (Å²) in [5, 5.41) is 0.492. The van der Waals surface area contributed by atoms with Gasteiger partial charge in [-0.2, -0.15) is 0 Å². The Morgan fingerprint density at radius 2 is 2.11 bits per heavy atom. The molecule has 1 saturated heterocycles. The Balaban J connectivity index is 1.48. The second-order valence-corrected chi connectivity index (χ2v) is 7.38. The van der Waals surface area contributed by atoms with Gasteiger partial charge in [-0.25, -0.2) is 0 Å². The van der Waals surface area contributed by atoms with E-state index < -0.39 is 6.10 Å². The SMILES string of the molecule is Cc1cccc(COC[C@@H]2CN(C(=O)[C@@H](C)Oc3ccccc3Cl)CCO2)c1. The van der Waals surface area contributed by atoms with Gasteiger partial charge >= 0.3 is 0 Å². The van der Waals surface area contributed by atoms with Crippen molar-refractivity contribution < 1.29 is 19.0 Å². The third kappa shape index (κ3) is 5.71. The molecule has 0 aliphatic carbocycles. The van der Waals surface area contributed by atoms with E-state index in [1.807, 2.05) is 24.3 Å². The number of nitrogens with zero attached hydrogens (tertiary/aromatic N) is 1. The number of hydrogen-bond acceptors (Lipinski definition) is 4. The van der Waals surface area contributed by atoms with Crippen LogP contribution in [0.2, 0.25) is 5.02 Å². The Morgan fingerprint density at radius 3 is 2.89 bits per heavy atom. The van der Waals surface area contributed by atoms with E-state index in [0.29, 0.717) is 43.7 Å². The van der Waals surface area contributed by atoms with Crippen LogP contribution in [0.3, 0.4) is 0 Å². The van der Waals surface area contributed by atoms with Crippen LogP contribution in [-0.4, -0.2) is 49.3 Å². The van der Waals surface area contributed by atoms with Gasteiger partial charge in [-0.05, 0) is 31.5 Å². The zero-order valence-electron chi connectivity index (χ0n) is 16.3. The molecule has 0 aromatic heterocycles. The minimum atomic E-state index is -0.619. The van der Waals surface area contributed by atoms with Gasteiger partial charge in [0.05, 0.1) is 30.9 Å². The summed E-state index contributed by atoms with van der Waals surface area (Å²) in [6.07, 6.45) is -0.762. The Labute approximate surface area is 171 Å². The third-order valence-electron chi connectivity index (χ3n) is 4.59. The maximum atomic E-state index is 12.8. The van der Waals surface area contributed by atoms with Crippen LogP contribution in [-0.2, 0) is 20.9 Å². The van der Waals surface area contributed by atoms with Crippen LogP contribution in [0.25, 0.3) is 0 Å². The van der Waals surface area contributed by atoms with Crippen molar-refractivity contribution in [1.82, 2.24) is 4.90 Å². The molecule has 5 nitrogen and oxygen atoms in total. The molecule has 1 heterocycles. The summed E-state index contributed by atoms with van der Waals surface area (Å²) in [5.74, 6) is 0.434. The van der Waals surface area contributed by atoms with Gasteiger partial charge in [-0.15, -0.1) is 0 Å². The lowest BCUT2D eigenvalue weighted by Gasteiger charge is -2.34. The van der Waals surface area contributed by atoms with Gasteiger partial charge in [-0.3, -0.25) is 4.79 Å². The van der Waals surface area contributed by atoms with Crippen LogP contribution in [0.4, 0.5) is 0 Å². The molecule has 1 amide bonds. The van der Waals surface area contributed by atoms with E-state index in [0.717, 1.165) is 5.56 Å². The Kier molecular flexibility index (Phi) is 7.31. The van der Waals surface area contributed by atoms with E-state index in [2.05, 4.69) is 19.1 Å². The predicted octanol–water partition coefficient (Wildman–Crippen LogP) is 3.86. The van der Waals surface area contributed by atoms with Crippen molar-refractivity contribution in [3.05, 3.63) is 64.7 Å². The van der Waals surface area contributed by atoms with Crippen molar-refractivity contribution in [3.63, 3.8) is 0 Å². The quantitative estimate of drug-likeness (QED) is 0.704. The molecular formula is C22H26ClNO4. The van der Waals surface area contributed by atoms with Gasteiger partial charge < -0.3 is 19.1 Å². The monoisotopic (exact) mass is 403 g/mol. The Morgan fingerprint density at radius 1 is 1.29 bits per heavy atom. The van der Waals surface area contributed by atoms with Crippen LogP contribution in [0.15, 0.2) is 48.5 Å². The third-order valence-corrected chi connectivity index (χ3v) is 4.91. The maximum Gasteiger partial charge on any atom is 0.263 e. The van der Waals surface area contributed by atoms with Gasteiger partial charge in [0.15, 0.2) is 6.10 Å². The van der Waals surface area contributed by atoms with Crippen LogP contribution >= 0.6 is 11.6 Å². The lowest BCUT2D eigenvalue weighted by molar-refractivity contribution is -0.148. The highest BCUT2D eigenvalue weighted by atomic mass is 35.5. The normalized spacial score (nSPS) is 18.0. The van der Waals surface area contributed by atoms with Gasteiger partial charge in [0.1, 0.15) is 5.75 Å². The molecule has 0 spiro atoms. The summed E-state index contributed by atoms with van der Waals surface area (Å²) >= 11 is 6.11. The van der Waals surface area contributed by atoms with E-state index in [-0.39, 0.29) is 12.0 Å². The molecule has 2 aromatic carbocycles. The smallest absolute Gasteiger partial charge is 0.263 e. The highest BCUT2D eigenvalue weighted by Crippen LogP contribution is 2.24. The highest BCUT2D eigenvalue weighted by Gasteiger charge is 2.28. The number of hydrogen-bond donors (Lipinski definition) is 0. The maximum absolute atomic E-state index is 12.8. The first-order valence-electron chi connectivity index (χ1n) is 9.48. The lowest BCUT2D eigenvalue weighted by atomic mass is 10.1. The van der Waals surface area contributed by atoms with Crippen LogP contribution < -0.4 is 4.74 Å². The molecule has 1 aliphatic heterocycles. The van der Waals surface area contributed by atoms with Crippen LogP contribution in [0, 0.1) is 6.92 Å². The number of benzene rings is 2. The minimum Gasteiger partial charge on any atom is -0.479 e. The molecule has 1 aliphatic rings. The second-order valence-electron chi connectivity index (χ2n) is 6.97. The molecule has 0 bridgehead atoms. The van der Waals surface area contributed by atoms with Crippen molar-refractivity contribution in [2.24, 2.45) is 0 Å². The van der Waals surface area contributed by atoms with Crippen molar-refractivity contribution >= 4 is 17.5 Å². The molecule has 6 heteroatoms. The van der Waals surface area contributed by atoms with Crippen molar-refractivity contribution in [2.75, 3.05) is 26.3 Å². The molecule has 2 aromatic rings. The summed E-state index contributed by atoms with van der Waals surface area (Å²) in [4.78, 5) is 14.5. The van der Waals surface area contributed by atoms with Crippen molar-refractivity contribution in [3.8, 4) is 5.75 Å². The lowest BCUT2D eigenvalue weighted by Crippen LogP contribution is -2.50. The van der Waals surface area contributed by atoms with Crippen LogP contribution in [0.1, 0.15) is 18.1 Å². The first kappa shape index (κ1) is 20.6. The average Bonchev–Trinajstić information content (AvgIpc) is 2.69. The molecule has 28 heavy (non-hydrogen) atoms. The van der Waals surface area contributed by atoms with E-state index in [9.17, 15) is 4.79 Å². The molecule has 150 valence electrons. The number of halogens is 1. The summed E-state index contributed by atoms with van der Waals surface area (Å²) in [6.45, 7) is 6.29. The summed E-state index contributed by atoms with van der Waals surface area (Å²) in [6, 6.07) is 15.4. The second kappa shape index (κ2) is 9.92. The van der Waals surface area contributed by atoms with Gasteiger partial charge in [0, 0.05) is 13.1 Å². The Hall–Kier alpha value is -2.08. The topological polar surface area (TPSA) is 48.0 Å². The van der Waals surface area contributed by atoms with Crippen LogP contribution in [0.5, 0.6) is 5.75 Å². The number of para-hydroxylation sites is 1.